The van der Waals surface area contributed by atoms with Crippen molar-refractivity contribution >= 4 is 17.8 Å². The molecule has 2 aliphatic heterocycles. The molecule has 0 spiro atoms. The van der Waals surface area contributed by atoms with Crippen LogP contribution in [0.3, 0.4) is 0 Å². The Balaban J connectivity index is 2.29. The number of piperazine rings is 1. The van der Waals surface area contributed by atoms with E-state index >= 15 is 0 Å². The Morgan fingerprint density at radius 3 is 2.67 bits per heavy atom. The highest BCUT2D eigenvalue weighted by atomic mass is 16.2. The lowest BCUT2D eigenvalue weighted by atomic mass is 10.1. The van der Waals surface area contributed by atoms with Crippen LogP contribution in [0.2, 0.25) is 0 Å². The maximum Gasteiger partial charge on any atom is 0.318 e. The normalized spacial score (nSPS) is 28.3. The van der Waals surface area contributed by atoms with Crippen molar-refractivity contribution in [1.82, 2.24) is 20.0 Å². The van der Waals surface area contributed by atoms with Gasteiger partial charge in [-0.3, -0.25) is 9.59 Å². The highest BCUT2D eigenvalue weighted by molar-refractivity contribution is 5.90. The molecular formula is C11H18N4O3. The predicted octanol–water partition coefficient (Wildman–Crippen LogP) is -0.953. The second-order valence-electron chi connectivity index (χ2n) is 4.67. The van der Waals surface area contributed by atoms with Crippen molar-refractivity contribution in [3.8, 4) is 0 Å². The van der Waals surface area contributed by atoms with Crippen LogP contribution in [0.5, 0.6) is 0 Å². The second-order valence-corrected chi connectivity index (χ2v) is 4.67. The highest BCUT2D eigenvalue weighted by Gasteiger charge is 2.45. The van der Waals surface area contributed by atoms with Crippen LogP contribution in [0.25, 0.3) is 0 Å². The summed E-state index contributed by atoms with van der Waals surface area (Å²) in [7, 11) is 3.25. The van der Waals surface area contributed by atoms with Gasteiger partial charge in [-0.05, 0) is 6.92 Å². The van der Waals surface area contributed by atoms with Crippen molar-refractivity contribution in [1.29, 1.82) is 0 Å². The summed E-state index contributed by atoms with van der Waals surface area (Å²) in [5, 5.41) is 2.57. The molecule has 4 amide bonds. The van der Waals surface area contributed by atoms with Gasteiger partial charge >= 0.3 is 6.03 Å². The number of carbonyl (C=O) groups is 3. The van der Waals surface area contributed by atoms with Gasteiger partial charge in [-0.1, -0.05) is 0 Å². The van der Waals surface area contributed by atoms with Gasteiger partial charge in [0.2, 0.25) is 11.8 Å². The summed E-state index contributed by atoms with van der Waals surface area (Å²) < 4.78 is 0. The highest BCUT2D eigenvalue weighted by Crippen LogP contribution is 2.24. The van der Waals surface area contributed by atoms with Crippen molar-refractivity contribution < 1.29 is 14.4 Å². The molecule has 0 aromatic carbocycles. The zero-order valence-electron chi connectivity index (χ0n) is 10.8. The molecule has 1 N–H and O–H groups in total. The van der Waals surface area contributed by atoms with Gasteiger partial charge in [0.05, 0.1) is 6.54 Å². The molecule has 18 heavy (non-hydrogen) atoms. The Hall–Kier alpha value is -1.79. The fraction of sp³-hybridized carbons (Fsp3) is 0.727. The van der Waals surface area contributed by atoms with Gasteiger partial charge in [0.25, 0.3) is 0 Å². The Kier molecular flexibility index (Phi) is 3.14. The van der Waals surface area contributed by atoms with Crippen molar-refractivity contribution in [3.63, 3.8) is 0 Å². The van der Waals surface area contributed by atoms with E-state index in [1.807, 2.05) is 0 Å². The lowest BCUT2D eigenvalue weighted by Crippen LogP contribution is -2.70. The van der Waals surface area contributed by atoms with Crippen LogP contribution in [0.4, 0.5) is 4.79 Å². The fourth-order valence-corrected chi connectivity index (χ4v) is 2.62. The topological polar surface area (TPSA) is 73.0 Å². The first kappa shape index (κ1) is 12.7. The van der Waals surface area contributed by atoms with Crippen LogP contribution in [-0.4, -0.2) is 71.9 Å². The van der Waals surface area contributed by atoms with E-state index < -0.39 is 6.04 Å². The average molecular weight is 254 g/mol. The first-order valence-corrected chi connectivity index (χ1v) is 6.02. The molecule has 0 bridgehead atoms. The number of hydrogen-bond acceptors (Lipinski definition) is 3. The minimum atomic E-state index is -0.506. The van der Waals surface area contributed by atoms with Crippen LogP contribution < -0.4 is 5.32 Å². The number of hydrogen-bond donors (Lipinski definition) is 1. The second kappa shape index (κ2) is 4.47. The predicted molar refractivity (Wildman–Crippen MR) is 63.5 cm³/mol. The van der Waals surface area contributed by atoms with Gasteiger partial charge in [-0.15, -0.1) is 0 Å². The summed E-state index contributed by atoms with van der Waals surface area (Å²) in [6.45, 7) is 2.47. The van der Waals surface area contributed by atoms with E-state index in [9.17, 15) is 14.4 Å². The Morgan fingerprint density at radius 2 is 2.06 bits per heavy atom. The standard InChI is InChI=1S/C11H18N4O3/c1-7-10(17)13(3)6-8-14(11(18)12-2)5-4-9(16)15(7)8/h7-8H,4-6H2,1-3H3,(H,12,18)/t7-,8-/m0/s1. The van der Waals surface area contributed by atoms with Gasteiger partial charge in [0.1, 0.15) is 12.2 Å². The minimum Gasteiger partial charge on any atom is -0.341 e. The fourth-order valence-electron chi connectivity index (χ4n) is 2.62. The summed E-state index contributed by atoms with van der Waals surface area (Å²) in [5.74, 6) is -0.146. The van der Waals surface area contributed by atoms with Crippen LogP contribution >= 0.6 is 0 Å². The number of rotatable bonds is 0. The molecule has 7 nitrogen and oxygen atoms in total. The van der Waals surface area contributed by atoms with Crippen molar-refractivity contribution in [2.75, 3.05) is 27.2 Å². The first-order valence-electron chi connectivity index (χ1n) is 6.02. The zero-order valence-corrected chi connectivity index (χ0v) is 10.8. The van der Waals surface area contributed by atoms with E-state index in [1.165, 1.54) is 4.90 Å². The summed E-state index contributed by atoms with van der Waals surface area (Å²) in [6, 6.07) is -0.721. The minimum absolute atomic E-state index is 0.0610. The number of likely N-dealkylation sites (N-methyl/N-ethyl adjacent to an activating group) is 1. The van der Waals surface area contributed by atoms with Gasteiger partial charge < -0.3 is 20.0 Å². The average Bonchev–Trinajstić information content (AvgIpc) is 2.35. The number of amides is 4. The van der Waals surface area contributed by atoms with Crippen LogP contribution in [0.1, 0.15) is 13.3 Å². The molecule has 7 heteroatoms. The molecule has 2 saturated heterocycles. The summed E-state index contributed by atoms with van der Waals surface area (Å²) in [4.78, 5) is 40.3. The molecule has 0 aromatic heterocycles. The van der Waals surface area contributed by atoms with E-state index in [0.717, 1.165) is 0 Å². The Labute approximate surface area is 106 Å². The van der Waals surface area contributed by atoms with Gasteiger partial charge in [-0.25, -0.2) is 4.79 Å². The van der Waals surface area contributed by atoms with E-state index in [1.54, 1.807) is 30.8 Å². The lowest BCUT2D eigenvalue weighted by Gasteiger charge is -2.50. The summed E-state index contributed by atoms with van der Waals surface area (Å²) >= 11 is 0. The van der Waals surface area contributed by atoms with Crippen molar-refractivity contribution in [2.45, 2.75) is 25.6 Å². The SMILES string of the molecule is CNC(=O)N1CCC(=O)N2[C@@H](C)C(=O)N(C)C[C@@H]12. The number of nitrogens with zero attached hydrogens (tertiary/aromatic N) is 3. The quantitative estimate of drug-likeness (QED) is 0.605. The van der Waals surface area contributed by atoms with Gasteiger partial charge in [0, 0.05) is 27.1 Å². The van der Waals surface area contributed by atoms with Gasteiger partial charge in [0.15, 0.2) is 0 Å². The molecule has 0 aliphatic carbocycles. The Morgan fingerprint density at radius 1 is 1.39 bits per heavy atom. The number of urea groups is 1. The molecule has 2 heterocycles. The van der Waals surface area contributed by atoms with E-state index in [2.05, 4.69) is 5.32 Å². The number of nitrogens with one attached hydrogen (secondary N) is 1. The Bertz CT molecular complexity index is 398. The third kappa shape index (κ3) is 1.79. The van der Waals surface area contributed by atoms with E-state index in [0.29, 0.717) is 13.1 Å². The summed E-state index contributed by atoms with van der Waals surface area (Å²) in [6.07, 6.45) is -0.0884. The van der Waals surface area contributed by atoms with Crippen LogP contribution in [0.15, 0.2) is 0 Å². The van der Waals surface area contributed by atoms with Crippen molar-refractivity contribution in [3.05, 3.63) is 0 Å². The van der Waals surface area contributed by atoms with E-state index in [-0.39, 0.29) is 30.4 Å². The molecule has 0 unspecified atom stereocenters. The van der Waals surface area contributed by atoms with Crippen molar-refractivity contribution in [2.24, 2.45) is 0 Å². The lowest BCUT2D eigenvalue weighted by molar-refractivity contribution is -0.164. The largest absolute Gasteiger partial charge is 0.341 e. The summed E-state index contributed by atoms with van der Waals surface area (Å²) in [5.41, 5.74) is 0. The number of carbonyl (C=O) groups excluding carboxylic acids is 3. The third-order valence-corrected chi connectivity index (χ3v) is 3.60. The molecular weight excluding hydrogens is 236 g/mol. The van der Waals surface area contributed by atoms with Gasteiger partial charge in [-0.2, -0.15) is 0 Å². The molecule has 0 aromatic rings. The molecule has 0 radical (unpaired) electrons. The first-order chi connectivity index (χ1) is 8.47. The molecule has 100 valence electrons. The molecule has 2 rings (SSSR count). The number of fused-ring (bicyclic) bond motifs is 1. The molecule has 2 fully saturated rings. The zero-order chi connectivity index (χ0) is 13.4. The molecule has 0 saturated carbocycles. The monoisotopic (exact) mass is 254 g/mol. The molecule has 2 atom stereocenters. The maximum atomic E-state index is 11.9. The van der Waals surface area contributed by atoms with E-state index in [4.69, 9.17) is 0 Å². The van der Waals surface area contributed by atoms with Crippen LogP contribution in [-0.2, 0) is 9.59 Å². The smallest absolute Gasteiger partial charge is 0.318 e. The third-order valence-electron chi connectivity index (χ3n) is 3.60. The maximum absolute atomic E-state index is 11.9. The molecule has 2 aliphatic rings. The van der Waals surface area contributed by atoms with Crippen LogP contribution in [0, 0.1) is 0 Å².